The third-order valence-electron chi connectivity index (χ3n) is 6.26. The van der Waals surface area contributed by atoms with E-state index in [0.29, 0.717) is 18.1 Å². The average Bonchev–Trinajstić information content (AvgIpc) is 3.26. The van der Waals surface area contributed by atoms with Crippen molar-refractivity contribution in [1.82, 2.24) is 14.9 Å². The van der Waals surface area contributed by atoms with Crippen molar-refractivity contribution in [2.45, 2.75) is 25.7 Å². The molecule has 0 amide bonds. The zero-order valence-corrected chi connectivity index (χ0v) is 17.3. The number of aromatic amines is 1. The summed E-state index contributed by atoms with van der Waals surface area (Å²) in [6.07, 6.45) is 4.74. The van der Waals surface area contributed by atoms with Gasteiger partial charge in [0.1, 0.15) is 5.65 Å². The largest absolute Gasteiger partial charge is 0.478 e. The van der Waals surface area contributed by atoms with Crippen LogP contribution in [0.4, 0.5) is 5.69 Å². The molecule has 3 heterocycles. The minimum atomic E-state index is -0.147. The Morgan fingerprint density at radius 2 is 1.87 bits per heavy atom. The van der Waals surface area contributed by atoms with Gasteiger partial charge in [0, 0.05) is 55.9 Å². The minimum absolute atomic E-state index is 0.147. The van der Waals surface area contributed by atoms with Crippen LogP contribution in [0.2, 0.25) is 0 Å². The Bertz CT molecular complexity index is 1090. The number of pyridine rings is 2. The summed E-state index contributed by atoms with van der Waals surface area (Å²) in [7, 11) is 0. The lowest BCUT2D eigenvalue weighted by molar-refractivity contribution is 0.222. The van der Waals surface area contributed by atoms with Gasteiger partial charge in [0.05, 0.1) is 6.61 Å². The highest BCUT2D eigenvalue weighted by Crippen LogP contribution is 2.31. The van der Waals surface area contributed by atoms with Crippen LogP contribution < -0.4 is 15.2 Å². The minimum Gasteiger partial charge on any atom is -0.478 e. The average molecular weight is 405 g/mol. The lowest BCUT2D eigenvalue weighted by atomic mass is 10.1. The van der Waals surface area contributed by atoms with Crippen molar-refractivity contribution < 1.29 is 4.74 Å². The summed E-state index contributed by atoms with van der Waals surface area (Å²) >= 11 is 0. The molecule has 6 heteroatoms. The van der Waals surface area contributed by atoms with Crippen LogP contribution in [-0.2, 0) is 12.8 Å². The van der Waals surface area contributed by atoms with Crippen LogP contribution in [0.1, 0.15) is 24.0 Å². The van der Waals surface area contributed by atoms with E-state index in [1.165, 1.54) is 31.0 Å². The SMILES string of the molecule is O=c1ccc2ccc(OCCCN3CCN(c4cccc5c4CCC5)CC3)nc2[nH]1. The van der Waals surface area contributed by atoms with Gasteiger partial charge in [-0.3, -0.25) is 9.69 Å². The second kappa shape index (κ2) is 8.48. The summed E-state index contributed by atoms with van der Waals surface area (Å²) in [5.74, 6) is 0.562. The summed E-state index contributed by atoms with van der Waals surface area (Å²) in [6, 6.07) is 13.9. The highest BCUT2D eigenvalue weighted by Gasteiger charge is 2.22. The number of piperazine rings is 1. The van der Waals surface area contributed by atoms with E-state index < -0.39 is 0 Å². The van der Waals surface area contributed by atoms with Gasteiger partial charge in [-0.2, -0.15) is 4.98 Å². The van der Waals surface area contributed by atoms with Gasteiger partial charge >= 0.3 is 0 Å². The maximum absolute atomic E-state index is 11.5. The molecule has 1 N–H and O–H groups in total. The number of fused-ring (bicyclic) bond motifs is 2. The lowest BCUT2D eigenvalue weighted by Crippen LogP contribution is -2.47. The Hall–Kier alpha value is -2.86. The van der Waals surface area contributed by atoms with Gasteiger partial charge < -0.3 is 14.6 Å². The van der Waals surface area contributed by atoms with Crippen LogP contribution in [-0.4, -0.2) is 54.2 Å². The third kappa shape index (κ3) is 4.05. The first-order chi connectivity index (χ1) is 14.8. The van der Waals surface area contributed by atoms with E-state index in [4.69, 9.17) is 4.74 Å². The van der Waals surface area contributed by atoms with Crippen molar-refractivity contribution in [2.75, 3.05) is 44.2 Å². The summed E-state index contributed by atoms with van der Waals surface area (Å²) in [4.78, 5) is 23.7. The van der Waals surface area contributed by atoms with Crippen LogP contribution in [0.5, 0.6) is 5.88 Å². The molecule has 1 fully saturated rings. The highest BCUT2D eigenvalue weighted by atomic mass is 16.5. The molecule has 156 valence electrons. The Labute approximate surface area is 176 Å². The summed E-state index contributed by atoms with van der Waals surface area (Å²) in [5, 5.41) is 0.906. The van der Waals surface area contributed by atoms with Gasteiger partial charge in [-0.05, 0) is 55.0 Å². The molecule has 5 rings (SSSR count). The summed E-state index contributed by atoms with van der Waals surface area (Å²) in [6.45, 7) is 6.04. The molecule has 6 nitrogen and oxygen atoms in total. The number of rotatable bonds is 6. The molecule has 0 saturated carbocycles. The van der Waals surface area contributed by atoms with Crippen LogP contribution in [0.15, 0.2) is 47.3 Å². The van der Waals surface area contributed by atoms with Crippen LogP contribution >= 0.6 is 0 Å². The van der Waals surface area contributed by atoms with Crippen molar-refractivity contribution in [2.24, 2.45) is 0 Å². The molecule has 2 aliphatic rings. The number of hydrogen-bond acceptors (Lipinski definition) is 5. The maximum Gasteiger partial charge on any atom is 0.249 e. The van der Waals surface area contributed by atoms with Gasteiger partial charge in [-0.1, -0.05) is 12.1 Å². The van der Waals surface area contributed by atoms with E-state index in [0.717, 1.165) is 44.5 Å². The van der Waals surface area contributed by atoms with E-state index >= 15 is 0 Å². The number of anilines is 1. The van der Waals surface area contributed by atoms with Gasteiger partial charge in [0.2, 0.25) is 11.4 Å². The van der Waals surface area contributed by atoms with E-state index in [9.17, 15) is 4.79 Å². The predicted molar refractivity (Wildman–Crippen MR) is 120 cm³/mol. The number of H-pyrrole nitrogens is 1. The molecule has 2 aromatic heterocycles. The standard InChI is InChI=1S/C24H28N4O2/c29-22-10-8-19-9-11-23(26-24(19)25-22)30-17-3-12-27-13-15-28(16-14-27)21-7-2-5-18-4-1-6-20(18)21/h2,5,7-11H,1,3-4,6,12-17H2,(H,25,26,29). The second-order valence-electron chi connectivity index (χ2n) is 8.21. The summed E-state index contributed by atoms with van der Waals surface area (Å²) < 4.78 is 5.82. The topological polar surface area (TPSA) is 61.5 Å². The molecule has 0 bridgehead atoms. The third-order valence-corrected chi connectivity index (χ3v) is 6.26. The van der Waals surface area contributed by atoms with Gasteiger partial charge in [0.15, 0.2) is 0 Å². The molecule has 0 radical (unpaired) electrons. The molecule has 0 atom stereocenters. The number of benzene rings is 1. The quantitative estimate of drug-likeness (QED) is 0.640. The fraction of sp³-hybridized carbons (Fsp3) is 0.417. The predicted octanol–water partition coefficient (Wildman–Crippen LogP) is 3.00. The number of nitrogens with one attached hydrogen (secondary N) is 1. The van der Waals surface area contributed by atoms with E-state index in [2.05, 4.69) is 38.0 Å². The van der Waals surface area contributed by atoms with Crippen molar-refractivity contribution in [3.8, 4) is 5.88 Å². The summed E-state index contributed by atoms with van der Waals surface area (Å²) in [5.41, 5.74) is 5.03. The van der Waals surface area contributed by atoms with Crippen molar-refractivity contribution in [3.63, 3.8) is 0 Å². The number of aromatic nitrogens is 2. The monoisotopic (exact) mass is 404 g/mol. The highest BCUT2D eigenvalue weighted by molar-refractivity contribution is 5.74. The molecule has 0 spiro atoms. The normalized spacial score (nSPS) is 16.7. The first-order valence-corrected chi connectivity index (χ1v) is 11.0. The van der Waals surface area contributed by atoms with E-state index in [1.54, 1.807) is 17.2 Å². The Kier molecular flexibility index (Phi) is 5.41. The lowest BCUT2D eigenvalue weighted by Gasteiger charge is -2.37. The van der Waals surface area contributed by atoms with E-state index in [1.807, 2.05) is 12.1 Å². The number of hydrogen-bond donors (Lipinski definition) is 1. The van der Waals surface area contributed by atoms with Crippen LogP contribution in [0, 0.1) is 0 Å². The Morgan fingerprint density at radius 3 is 2.77 bits per heavy atom. The zero-order chi connectivity index (χ0) is 20.3. The van der Waals surface area contributed by atoms with Gasteiger partial charge in [-0.15, -0.1) is 0 Å². The molecular weight excluding hydrogens is 376 g/mol. The fourth-order valence-corrected chi connectivity index (χ4v) is 4.66. The zero-order valence-electron chi connectivity index (χ0n) is 17.3. The first kappa shape index (κ1) is 19.1. The van der Waals surface area contributed by atoms with Crippen LogP contribution in [0.3, 0.4) is 0 Å². The fourth-order valence-electron chi connectivity index (χ4n) is 4.66. The second-order valence-corrected chi connectivity index (χ2v) is 8.21. The Morgan fingerprint density at radius 1 is 1.00 bits per heavy atom. The number of nitrogens with zero attached hydrogens (tertiary/aromatic N) is 3. The van der Waals surface area contributed by atoms with Crippen LogP contribution in [0.25, 0.3) is 11.0 Å². The molecule has 30 heavy (non-hydrogen) atoms. The molecule has 1 aromatic carbocycles. The first-order valence-electron chi connectivity index (χ1n) is 11.0. The van der Waals surface area contributed by atoms with Crippen molar-refractivity contribution in [3.05, 3.63) is 63.9 Å². The molecular formula is C24H28N4O2. The molecule has 1 aliphatic carbocycles. The molecule has 1 saturated heterocycles. The molecule has 3 aromatic rings. The smallest absolute Gasteiger partial charge is 0.249 e. The van der Waals surface area contributed by atoms with E-state index in [-0.39, 0.29) is 5.56 Å². The van der Waals surface area contributed by atoms with Gasteiger partial charge in [-0.25, -0.2) is 0 Å². The van der Waals surface area contributed by atoms with Gasteiger partial charge in [0.25, 0.3) is 0 Å². The van der Waals surface area contributed by atoms with Crippen molar-refractivity contribution >= 4 is 16.7 Å². The van der Waals surface area contributed by atoms with Crippen molar-refractivity contribution in [1.29, 1.82) is 0 Å². The molecule has 1 aliphatic heterocycles. The number of ether oxygens (including phenoxy) is 1. The molecule has 0 unspecified atom stereocenters. The number of aryl methyl sites for hydroxylation is 1. The maximum atomic E-state index is 11.5. The Balaban J connectivity index is 1.09.